The maximum atomic E-state index is 11.8. The maximum Gasteiger partial charge on any atom is 0.311 e. The van der Waals surface area contributed by atoms with E-state index in [0.717, 1.165) is 12.8 Å². The van der Waals surface area contributed by atoms with Gasteiger partial charge in [-0.25, -0.2) is 0 Å². The molecule has 1 rings (SSSR count). The Morgan fingerprint density at radius 2 is 1.71 bits per heavy atom. The molecule has 0 aliphatic rings. The molecular weight excluding hydrogens is 375 g/mol. The normalized spacial score (nSPS) is 10.8. The average Bonchev–Trinajstić information content (AvgIpc) is 2.48. The number of ether oxygens (including phenoxy) is 2. The van der Waals surface area contributed by atoms with Gasteiger partial charge in [-0.1, -0.05) is 48.7 Å². The number of benzene rings is 1. The Morgan fingerprint density at radius 3 is 2.38 bits per heavy atom. The Bertz CT molecular complexity index is 573. The fourth-order valence-electron chi connectivity index (χ4n) is 1.91. The minimum Gasteiger partial charge on any atom is -0.466 e. The summed E-state index contributed by atoms with van der Waals surface area (Å²) in [5.74, 6) is -0.126. The van der Waals surface area contributed by atoms with E-state index in [1.165, 1.54) is 12.1 Å². The quantitative estimate of drug-likeness (QED) is 0.233. The van der Waals surface area contributed by atoms with Crippen molar-refractivity contribution in [1.82, 2.24) is 0 Å². The molecule has 0 aromatic heterocycles. The van der Waals surface area contributed by atoms with E-state index in [9.17, 15) is 9.59 Å². The molecule has 0 bridgehead atoms. The van der Waals surface area contributed by atoms with E-state index in [1.807, 2.05) is 0 Å². The Labute approximate surface area is 157 Å². The number of halogens is 3. The van der Waals surface area contributed by atoms with Crippen LogP contribution in [-0.4, -0.2) is 18.5 Å². The Balaban J connectivity index is 2.28. The van der Waals surface area contributed by atoms with Crippen molar-refractivity contribution in [2.24, 2.45) is 5.92 Å². The van der Waals surface area contributed by atoms with Crippen LogP contribution in [0.15, 0.2) is 12.1 Å². The van der Waals surface area contributed by atoms with Crippen molar-refractivity contribution >= 4 is 46.7 Å². The summed E-state index contributed by atoms with van der Waals surface area (Å²) < 4.78 is 10.2. The molecule has 0 unspecified atom stereocenters. The van der Waals surface area contributed by atoms with Crippen molar-refractivity contribution < 1.29 is 19.1 Å². The molecular formula is C17H21Cl3O4. The average molecular weight is 396 g/mol. The van der Waals surface area contributed by atoms with Crippen LogP contribution in [0.4, 0.5) is 0 Å². The standard InChI is InChI=1S/C17H21Cl3O4/c1-11(2)5-4-8-23-15(21)6-3-7-16(22)24-14-10-12(18)9-13(19)17(14)20/h9-11H,3-8H2,1-2H3. The molecule has 0 atom stereocenters. The van der Waals surface area contributed by atoms with Gasteiger partial charge >= 0.3 is 11.9 Å². The molecule has 0 N–H and O–H groups in total. The minimum atomic E-state index is -0.511. The van der Waals surface area contributed by atoms with Crippen LogP contribution in [0.2, 0.25) is 15.1 Å². The third kappa shape index (κ3) is 8.22. The molecule has 0 saturated heterocycles. The van der Waals surface area contributed by atoms with Crippen LogP contribution in [0.1, 0.15) is 46.0 Å². The van der Waals surface area contributed by atoms with E-state index in [4.69, 9.17) is 44.3 Å². The lowest BCUT2D eigenvalue weighted by molar-refractivity contribution is -0.144. The van der Waals surface area contributed by atoms with Crippen LogP contribution >= 0.6 is 34.8 Å². The van der Waals surface area contributed by atoms with Crippen LogP contribution in [0, 0.1) is 5.92 Å². The highest BCUT2D eigenvalue weighted by Crippen LogP contribution is 2.35. The lowest BCUT2D eigenvalue weighted by Gasteiger charge is -2.08. The fourth-order valence-corrected chi connectivity index (χ4v) is 2.53. The second-order valence-electron chi connectivity index (χ2n) is 5.78. The molecule has 7 heteroatoms. The minimum absolute atomic E-state index is 0.0710. The van der Waals surface area contributed by atoms with Crippen LogP contribution in [-0.2, 0) is 14.3 Å². The van der Waals surface area contributed by atoms with Gasteiger partial charge in [0.25, 0.3) is 0 Å². The van der Waals surface area contributed by atoms with Crippen LogP contribution in [0.3, 0.4) is 0 Å². The van der Waals surface area contributed by atoms with Crippen LogP contribution in [0.25, 0.3) is 0 Å². The summed E-state index contributed by atoms with van der Waals surface area (Å²) >= 11 is 17.6. The summed E-state index contributed by atoms with van der Waals surface area (Å²) in [6, 6.07) is 2.87. The number of carbonyl (C=O) groups is 2. The topological polar surface area (TPSA) is 52.6 Å². The first kappa shape index (κ1) is 21.1. The highest BCUT2D eigenvalue weighted by atomic mass is 35.5. The van der Waals surface area contributed by atoms with Crippen molar-refractivity contribution in [1.29, 1.82) is 0 Å². The molecule has 0 fully saturated rings. The van der Waals surface area contributed by atoms with Gasteiger partial charge < -0.3 is 9.47 Å². The van der Waals surface area contributed by atoms with E-state index in [1.54, 1.807) is 0 Å². The molecule has 0 radical (unpaired) electrons. The molecule has 4 nitrogen and oxygen atoms in total. The summed E-state index contributed by atoms with van der Waals surface area (Å²) in [4.78, 5) is 23.3. The zero-order valence-electron chi connectivity index (χ0n) is 13.7. The summed E-state index contributed by atoms with van der Waals surface area (Å²) in [6.07, 6.45) is 2.44. The Kier molecular flexibility index (Phi) is 9.49. The van der Waals surface area contributed by atoms with Gasteiger partial charge in [0.1, 0.15) is 5.02 Å². The van der Waals surface area contributed by atoms with Crippen molar-refractivity contribution in [2.75, 3.05) is 6.61 Å². The predicted molar refractivity (Wildman–Crippen MR) is 96.0 cm³/mol. The molecule has 1 aromatic carbocycles. The number of esters is 2. The van der Waals surface area contributed by atoms with E-state index < -0.39 is 5.97 Å². The smallest absolute Gasteiger partial charge is 0.311 e. The number of hydrogen-bond donors (Lipinski definition) is 0. The Hall–Kier alpha value is -0.970. The van der Waals surface area contributed by atoms with E-state index in [2.05, 4.69) is 13.8 Å². The van der Waals surface area contributed by atoms with Crippen molar-refractivity contribution in [3.8, 4) is 5.75 Å². The van der Waals surface area contributed by atoms with E-state index in [0.29, 0.717) is 24.0 Å². The highest BCUT2D eigenvalue weighted by Gasteiger charge is 2.13. The monoisotopic (exact) mass is 394 g/mol. The second kappa shape index (κ2) is 10.8. The zero-order chi connectivity index (χ0) is 18.1. The van der Waals surface area contributed by atoms with Gasteiger partial charge in [-0.05, 0) is 31.2 Å². The van der Waals surface area contributed by atoms with Gasteiger partial charge in [0.15, 0.2) is 5.75 Å². The largest absolute Gasteiger partial charge is 0.466 e. The lowest BCUT2D eigenvalue weighted by Crippen LogP contribution is -2.11. The molecule has 0 spiro atoms. The first-order valence-electron chi connectivity index (χ1n) is 7.80. The summed E-state index contributed by atoms with van der Waals surface area (Å²) in [7, 11) is 0. The molecule has 0 aliphatic heterocycles. The van der Waals surface area contributed by atoms with Crippen LogP contribution < -0.4 is 4.74 Å². The molecule has 24 heavy (non-hydrogen) atoms. The lowest BCUT2D eigenvalue weighted by atomic mass is 10.1. The van der Waals surface area contributed by atoms with E-state index in [-0.39, 0.29) is 34.6 Å². The first-order valence-corrected chi connectivity index (χ1v) is 8.93. The third-order valence-electron chi connectivity index (χ3n) is 3.13. The van der Waals surface area contributed by atoms with Gasteiger partial charge in [-0.2, -0.15) is 0 Å². The van der Waals surface area contributed by atoms with Gasteiger partial charge in [-0.3, -0.25) is 9.59 Å². The van der Waals surface area contributed by atoms with Gasteiger partial charge in [0.05, 0.1) is 11.6 Å². The number of carbonyl (C=O) groups excluding carboxylic acids is 2. The highest BCUT2D eigenvalue weighted by molar-refractivity contribution is 6.44. The molecule has 0 heterocycles. The van der Waals surface area contributed by atoms with Crippen molar-refractivity contribution in [3.63, 3.8) is 0 Å². The summed E-state index contributed by atoms with van der Waals surface area (Å²) in [5.41, 5.74) is 0. The first-order chi connectivity index (χ1) is 11.3. The SMILES string of the molecule is CC(C)CCCOC(=O)CCCC(=O)Oc1cc(Cl)cc(Cl)c1Cl. The second-order valence-corrected chi connectivity index (χ2v) is 7.01. The van der Waals surface area contributed by atoms with E-state index >= 15 is 0 Å². The van der Waals surface area contributed by atoms with Crippen molar-refractivity contribution in [3.05, 3.63) is 27.2 Å². The van der Waals surface area contributed by atoms with Gasteiger partial charge in [0, 0.05) is 23.9 Å². The molecule has 0 saturated carbocycles. The summed E-state index contributed by atoms with van der Waals surface area (Å²) in [5, 5.41) is 0.646. The van der Waals surface area contributed by atoms with Gasteiger partial charge in [-0.15, -0.1) is 0 Å². The summed E-state index contributed by atoms with van der Waals surface area (Å²) in [6.45, 7) is 4.65. The number of rotatable bonds is 9. The van der Waals surface area contributed by atoms with Crippen LogP contribution in [0.5, 0.6) is 5.75 Å². The zero-order valence-corrected chi connectivity index (χ0v) is 16.0. The molecule has 1 aromatic rings. The van der Waals surface area contributed by atoms with Gasteiger partial charge in [0.2, 0.25) is 0 Å². The molecule has 0 amide bonds. The van der Waals surface area contributed by atoms with Crippen molar-refractivity contribution in [2.45, 2.75) is 46.0 Å². The molecule has 0 aliphatic carbocycles. The molecule has 134 valence electrons. The Morgan fingerprint density at radius 1 is 1.04 bits per heavy atom. The third-order valence-corrected chi connectivity index (χ3v) is 4.14. The predicted octanol–water partition coefficient (Wildman–Crippen LogP) is 5.70. The maximum absolute atomic E-state index is 11.8. The fraction of sp³-hybridized carbons (Fsp3) is 0.529. The number of hydrogen-bond acceptors (Lipinski definition) is 4.